The standard InChI is InChI=1S/C19H25N3O4S/c1-14(17-7-5-4-6-8-17)13-18(23)21-9-11-22(12-10-21)27(24,25)19-15(2)20-26-16(19)3/h4-8,14H,9-13H2,1-3H3. The minimum absolute atomic E-state index is 0.0562. The first kappa shape index (κ1) is 19.6. The molecule has 7 nitrogen and oxygen atoms in total. The first-order valence-electron chi connectivity index (χ1n) is 9.06. The summed E-state index contributed by atoms with van der Waals surface area (Å²) in [7, 11) is -3.66. The zero-order valence-electron chi connectivity index (χ0n) is 15.9. The molecule has 1 fully saturated rings. The second-order valence-corrected chi connectivity index (χ2v) is 8.83. The maximum absolute atomic E-state index is 12.9. The third-order valence-corrected chi connectivity index (χ3v) is 7.15. The predicted octanol–water partition coefficient (Wildman–Crippen LogP) is 2.32. The van der Waals surface area contributed by atoms with Crippen LogP contribution in [0.4, 0.5) is 0 Å². The Bertz CT molecular complexity index is 881. The van der Waals surface area contributed by atoms with Gasteiger partial charge >= 0.3 is 0 Å². The Morgan fingerprint density at radius 3 is 2.33 bits per heavy atom. The second-order valence-electron chi connectivity index (χ2n) is 6.95. The number of hydrogen-bond acceptors (Lipinski definition) is 5. The Morgan fingerprint density at radius 1 is 1.15 bits per heavy atom. The monoisotopic (exact) mass is 391 g/mol. The lowest BCUT2D eigenvalue weighted by molar-refractivity contribution is -0.132. The molecule has 8 heteroatoms. The Balaban J connectivity index is 1.61. The van der Waals surface area contributed by atoms with E-state index in [2.05, 4.69) is 5.16 Å². The van der Waals surface area contributed by atoms with Gasteiger partial charge in [0.15, 0.2) is 5.76 Å². The first-order chi connectivity index (χ1) is 12.8. The highest BCUT2D eigenvalue weighted by Crippen LogP contribution is 2.25. The fraction of sp³-hybridized carbons (Fsp3) is 0.474. The molecule has 1 aliphatic heterocycles. The van der Waals surface area contributed by atoms with Gasteiger partial charge in [-0.3, -0.25) is 4.79 Å². The van der Waals surface area contributed by atoms with Crippen LogP contribution in [0.1, 0.15) is 36.3 Å². The number of aromatic nitrogens is 1. The van der Waals surface area contributed by atoms with Crippen LogP contribution in [0.15, 0.2) is 39.8 Å². The number of amides is 1. The van der Waals surface area contributed by atoms with Gasteiger partial charge in [-0.2, -0.15) is 4.31 Å². The minimum atomic E-state index is -3.66. The van der Waals surface area contributed by atoms with Crippen molar-refractivity contribution in [2.45, 2.75) is 38.0 Å². The SMILES string of the molecule is Cc1noc(C)c1S(=O)(=O)N1CCN(C(=O)CC(C)c2ccccc2)CC1. The molecule has 1 unspecified atom stereocenters. The summed E-state index contributed by atoms with van der Waals surface area (Å²) < 4.78 is 32.1. The fourth-order valence-corrected chi connectivity index (χ4v) is 5.15. The molecule has 2 heterocycles. The van der Waals surface area contributed by atoms with Gasteiger partial charge in [-0.1, -0.05) is 42.4 Å². The van der Waals surface area contributed by atoms with E-state index in [9.17, 15) is 13.2 Å². The summed E-state index contributed by atoms with van der Waals surface area (Å²) in [6.07, 6.45) is 0.417. The van der Waals surface area contributed by atoms with E-state index in [4.69, 9.17) is 4.52 Å². The molecule has 3 rings (SSSR count). The quantitative estimate of drug-likeness (QED) is 0.781. The van der Waals surface area contributed by atoms with E-state index in [0.29, 0.717) is 31.0 Å². The molecule has 146 valence electrons. The number of carbonyl (C=O) groups is 1. The van der Waals surface area contributed by atoms with Crippen LogP contribution in [0.5, 0.6) is 0 Å². The van der Waals surface area contributed by atoms with Crippen LogP contribution < -0.4 is 0 Å². The number of carbonyl (C=O) groups excluding carboxylic acids is 1. The molecule has 2 aromatic rings. The van der Waals surface area contributed by atoms with Gasteiger partial charge in [0.25, 0.3) is 0 Å². The average molecular weight is 391 g/mol. The summed E-state index contributed by atoms with van der Waals surface area (Å²) in [5.41, 5.74) is 1.49. The van der Waals surface area contributed by atoms with E-state index in [1.165, 1.54) is 4.31 Å². The highest BCUT2D eigenvalue weighted by atomic mass is 32.2. The largest absolute Gasteiger partial charge is 0.360 e. The maximum atomic E-state index is 12.9. The summed E-state index contributed by atoms with van der Waals surface area (Å²) >= 11 is 0. The van der Waals surface area contributed by atoms with Crippen LogP contribution in [-0.4, -0.2) is 54.9 Å². The minimum Gasteiger partial charge on any atom is -0.360 e. The summed E-state index contributed by atoms with van der Waals surface area (Å²) in [5.74, 6) is 0.478. The predicted molar refractivity (Wildman–Crippen MR) is 101 cm³/mol. The highest BCUT2D eigenvalue weighted by molar-refractivity contribution is 7.89. The van der Waals surface area contributed by atoms with Crippen molar-refractivity contribution in [3.05, 3.63) is 47.3 Å². The van der Waals surface area contributed by atoms with E-state index < -0.39 is 10.0 Å². The smallest absolute Gasteiger partial charge is 0.248 e. The van der Waals surface area contributed by atoms with Crippen molar-refractivity contribution < 1.29 is 17.7 Å². The van der Waals surface area contributed by atoms with Gasteiger partial charge < -0.3 is 9.42 Å². The second kappa shape index (κ2) is 7.82. The van der Waals surface area contributed by atoms with Crippen molar-refractivity contribution in [2.24, 2.45) is 0 Å². The third kappa shape index (κ3) is 4.06. The normalized spacial score (nSPS) is 17.1. The topological polar surface area (TPSA) is 83.7 Å². The number of hydrogen-bond donors (Lipinski definition) is 0. The third-order valence-electron chi connectivity index (χ3n) is 5.01. The van der Waals surface area contributed by atoms with Gasteiger partial charge in [-0.15, -0.1) is 0 Å². The van der Waals surface area contributed by atoms with Crippen LogP contribution in [0.25, 0.3) is 0 Å². The summed E-state index contributed by atoms with van der Waals surface area (Å²) in [6.45, 7) is 6.58. The number of rotatable bonds is 5. The van der Waals surface area contributed by atoms with Crippen molar-refractivity contribution >= 4 is 15.9 Å². The molecule has 0 bridgehead atoms. The molecular formula is C19H25N3O4S. The van der Waals surface area contributed by atoms with Crippen LogP contribution in [0, 0.1) is 13.8 Å². The molecule has 0 spiro atoms. The van der Waals surface area contributed by atoms with Gasteiger partial charge in [-0.05, 0) is 25.3 Å². The van der Waals surface area contributed by atoms with Crippen molar-refractivity contribution in [2.75, 3.05) is 26.2 Å². The van der Waals surface area contributed by atoms with Crippen molar-refractivity contribution in [3.63, 3.8) is 0 Å². The molecule has 0 aliphatic carbocycles. The number of aryl methyl sites for hydroxylation is 2. The van der Waals surface area contributed by atoms with E-state index in [-0.39, 0.29) is 29.8 Å². The molecular weight excluding hydrogens is 366 g/mol. The van der Waals surface area contributed by atoms with Crippen molar-refractivity contribution in [1.82, 2.24) is 14.4 Å². The lowest BCUT2D eigenvalue weighted by Crippen LogP contribution is -2.50. The Hall–Kier alpha value is -2.19. The van der Waals surface area contributed by atoms with Gasteiger partial charge in [0.05, 0.1) is 0 Å². The van der Waals surface area contributed by atoms with E-state index in [0.717, 1.165) is 5.56 Å². The Kier molecular flexibility index (Phi) is 5.67. The summed E-state index contributed by atoms with van der Waals surface area (Å²) in [5, 5.41) is 3.74. The number of piperazine rings is 1. The molecule has 1 saturated heterocycles. The molecule has 1 aromatic carbocycles. The van der Waals surface area contributed by atoms with Crippen molar-refractivity contribution in [3.8, 4) is 0 Å². The van der Waals surface area contributed by atoms with Gasteiger partial charge in [0.2, 0.25) is 15.9 Å². The maximum Gasteiger partial charge on any atom is 0.248 e. The lowest BCUT2D eigenvalue weighted by Gasteiger charge is -2.34. The fourth-order valence-electron chi connectivity index (χ4n) is 3.44. The summed E-state index contributed by atoms with van der Waals surface area (Å²) in [4.78, 5) is 14.5. The zero-order valence-corrected chi connectivity index (χ0v) is 16.7. The van der Waals surface area contributed by atoms with Gasteiger partial charge in [0, 0.05) is 32.6 Å². The molecule has 1 aliphatic rings. The van der Waals surface area contributed by atoms with E-state index in [1.807, 2.05) is 37.3 Å². The number of nitrogens with zero attached hydrogens (tertiary/aromatic N) is 3. The molecule has 1 amide bonds. The van der Waals surface area contributed by atoms with Crippen molar-refractivity contribution in [1.29, 1.82) is 0 Å². The van der Waals surface area contributed by atoms with E-state index >= 15 is 0 Å². The van der Waals surface area contributed by atoms with Crippen LogP contribution in [0.2, 0.25) is 0 Å². The van der Waals surface area contributed by atoms with E-state index in [1.54, 1.807) is 18.7 Å². The molecule has 0 saturated carbocycles. The molecule has 0 N–H and O–H groups in total. The Morgan fingerprint density at radius 2 is 1.78 bits per heavy atom. The molecule has 1 atom stereocenters. The van der Waals surface area contributed by atoms with Gasteiger partial charge in [-0.25, -0.2) is 8.42 Å². The highest BCUT2D eigenvalue weighted by Gasteiger charge is 2.34. The molecule has 1 aromatic heterocycles. The van der Waals surface area contributed by atoms with Crippen LogP contribution >= 0.6 is 0 Å². The Labute approximate surface area is 160 Å². The lowest BCUT2D eigenvalue weighted by atomic mass is 9.97. The zero-order chi connectivity index (χ0) is 19.6. The molecule has 0 radical (unpaired) electrons. The average Bonchev–Trinajstić information content (AvgIpc) is 3.01. The number of benzene rings is 1. The first-order valence-corrected chi connectivity index (χ1v) is 10.5. The number of sulfonamides is 1. The summed E-state index contributed by atoms with van der Waals surface area (Å²) in [6, 6.07) is 9.93. The van der Waals surface area contributed by atoms with Crippen LogP contribution in [0.3, 0.4) is 0 Å². The van der Waals surface area contributed by atoms with Gasteiger partial charge in [0.1, 0.15) is 10.6 Å². The van der Waals surface area contributed by atoms with Crippen LogP contribution in [-0.2, 0) is 14.8 Å². The molecule has 27 heavy (non-hydrogen) atoms.